The monoisotopic (exact) mass is 250 g/mol. The predicted molar refractivity (Wildman–Crippen MR) is 67.9 cm³/mol. The first-order valence-electron chi connectivity index (χ1n) is 5.41. The van der Waals surface area contributed by atoms with E-state index < -0.39 is 11.2 Å². The first kappa shape index (κ1) is 12.0. The van der Waals surface area contributed by atoms with E-state index in [2.05, 4.69) is 15.4 Å². The lowest BCUT2D eigenvalue weighted by atomic mass is 10.4. The van der Waals surface area contributed by atoms with Crippen LogP contribution >= 0.6 is 0 Å². The van der Waals surface area contributed by atoms with Gasteiger partial charge in [-0.2, -0.15) is 5.10 Å². The Balaban J connectivity index is 2.43. The molecule has 0 unspecified atom stereocenters. The fraction of sp³-hybridized carbons (Fsp3) is 0.300. The van der Waals surface area contributed by atoms with Crippen molar-refractivity contribution in [2.75, 3.05) is 11.1 Å². The molecule has 0 aliphatic heterocycles. The molecule has 18 heavy (non-hydrogen) atoms. The van der Waals surface area contributed by atoms with Gasteiger partial charge in [-0.25, -0.2) is 4.79 Å². The number of nitrogens with one attached hydrogen (secondary N) is 2. The predicted octanol–water partition coefficient (Wildman–Crippen LogP) is -0.384. The summed E-state index contributed by atoms with van der Waals surface area (Å²) in [4.78, 5) is 25.1. The van der Waals surface area contributed by atoms with Crippen molar-refractivity contribution in [3.05, 3.63) is 33.2 Å². The molecule has 0 bridgehead atoms. The van der Waals surface area contributed by atoms with Crippen molar-refractivity contribution in [1.82, 2.24) is 19.3 Å². The summed E-state index contributed by atoms with van der Waals surface area (Å²) in [5, 5.41) is 6.91. The number of nitrogens with two attached hydrogens (primary N) is 1. The van der Waals surface area contributed by atoms with E-state index in [-0.39, 0.29) is 11.5 Å². The van der Waals surface area contributed by atoms with E-state index in [1.54, 1.807) is 17.1 Å². The van der Waals surface area contributed by atoms with Crippen molar-refractivity contribution in [1.29, 1.82) is 0 Å². The number of aryl methyl sites for hydroxylation is 1. The first-order chi connectivity index (χ1) is 8.52. The van der Waals surface area contributed by atoms with Crippen LogP contribution in [0.2, 0.25) is 0 Å². The van der Waals surface area contributed by atoms with Gasteiger partial charge in [-0.3, -0.25) is 19.0 Å². The van der Waals surface area contributed by atoms with Gasteiger partial charge in [-0.1, -0.05) is 0 Å². The van der Waals surface area contributed by atoms with Crippen molar-refractivity contribution < 1.29 is 0 Å². The Hall–Kier alpha value is -2.51. The second-order valence-corrected chi connectivity index (χ2v) is 3.79. The molecule has 8 nitrogen and oxygen atoms in total. The first-order valence-corrected chi connectivity index (χ1v) is 5.41. The molecule has 0 aliphatic rings. The lowest BCUT2D eigenvalue weighted by molar-refractivity contribution is 0.660. The molecule has 8 heteroatoms. The van der Waals surface area contributed by atoms with E-state index in [4.69, 9.17) is 5.73 Å². The van der Waals surface area contributed by atoms with Gasteiger partial charge in [0.25, 0.3) is 5.56 Å². The number of anilines is 3. The number of aromatic nitrogens is 4. The highest BCUT2D eigenvalue weighted by atomic mass is 16.2. The number of nitrogens with zero attached hydrogens (tertiary/aromatic N) is 3. The minimum Gasteiger partial charge on any atom is -0.383 e. The maximum Gasteiger partial charge on any atom is 0.329 e. The van der Waals surface area contributed by atoms with Crippen molar-refractivity contribution in [3.8, 4) is 0 Å². The number of H-pyrrole nitrogens is 1. The van der Waals surface area contributed by atoms with Gasteiger partial charge in [0, 0.05) is 19.8 Å². The standard InChI is InChI=1S/C10H14N6O2/c1-3-16-5-6(4-12-16)13-7-8(11)15(2)10(18)14-9(7)17/h4-5,13H,3,11H2,1-2H3,(H,14,17,18). The summed E-state index contributed by atoms with van der Waals surface area (Å²) in [6, 6.07) is 0. The lowest BCUT2D eigenvalue weighted by Gasteiger charge is -2.08. The number of hydrogen-bond acceptors (Lipinski definition) is 5. The largest absolute Gasteiger partial charge is 0.383 e. The maximum atomic E-state index is 11.7. The Bertz CT molecular complexity index is 680. The molecule has 0 spiro atoms. The van der Waals surface area contributed by atoms with Crippen LogP contribution in [0.1, 0.15) is 6.92 Å². The van der Waals surface area contributed by atoms with Crippen LogP contribution in [0.25, 0.3) is 0 Å². The van der Waals surface area contributed by atoms with Gasteiger partial charge in [-0.05, 0) is 6.92 Å². The normalized spacial score (nSPS) is 10.6. The second-order valence-electron chi connectivity index (χ2n) is 3.79. The molecule has 0 fully saturated rings. The van der Waals surface area contributed by atoms with Gasteiger partial charge < -0.3 is 11.1 Å². The van der Waals surface area contributed by atoms with E-state index in [0.29, 0.717) is 5.69 Å². The summed E-state index contributed by atoms with van der Waals surface area (Å²) in [7, 11) is 1.48. The minimum atomic E-state index is -0.556. The summed E-state index contributed by atoms with van der Waals surface area (Å²) in [5.41, 5.74) is 5.38. The van der Waals surface area contributed by atoms with Crippen LogP contribution in [-0.2, 0) is 13.6 Å². The van der Waals surface area contributed by atoms with E-state index in [1.807, 2.05) is 6.92 Å². The van der Waals surface area contributed by atoms with Crippen LogP contribution < -0.4 is 22.3 Å². The number of aromatic amines is 1. The Morgan fingerprint density at radius 1 is 1.50 bits per heavy atom. The molecular weight excluding hydrogens is 236 g/mol. The molecule has 2 heterocycles. The highest BCUT2D eigenvalue weighted by Gasteiger charge is 2.10. The van der Waals surface area contributed by atoms with Crippen LogP contribution in [0, 0.1) is 0 Å². The Labute approximate surface area is 102 Å². The highest BCUT2D eigenvalue weighted by molar-refractivity contribution is 5.67. The van der Waals surface area contributed by atoms with Gasteiger partial charge in [0.15, 0.2) is 0 Å². The molecule has 2 aromatic rings. The van der Waals surface area contributed by atoms with E-state index in [9.17, 15) is 9.59 Å². The highest BCUT2D eigenvalue weighted by Crippen LogP contribution is 2.16. The number of rotatable bonds is 3. The number of hydrogen-bond donors (Lipinski definition) is 3. The Kier molecular flexibility index (Phi) is 2.92. The number of nitrogen functional groups attached to an aromatic ring is 1. The fourth-order valence-corrected chi connectivity index (χ4v) is 1.50. The van der Waals surface area contributed by atoms with Gasteiger partial charge in [0.2, 0.25) is 0 Å². The van der Waals surface area contributed by atoms with Crippen LogP contribution in [-0.4, -0.2) is 19.3 Å². The van der Waals surface area contributed by atoms with E-state index in [1.165, 1.54) is 7.05 Å². The van der Waals surface area contributed by atoms with E-state index >= 15 is 0 Å². The topological polar surface area (TPSA) is 111 Å². The zero-order valence-corrected chi connectivity index (χ0v) is 10.1. The molecule has 0 saturated heterocycles. The van der Waals surface area contributed by atoms with Crippen molar-refractivity contribution in [3.63, 3.8) is 0 Å². The smallest absolute Gasteiger partial charge is 0.329 e. The zero-order chi connectivity index (χ0) is 13.3. The maximum absolute atomic E-state index is 11.7. The molecule has 2 rings (SSSR count). The fourth-order valence-electron chi connectivity index (χ4n) is 1.50. The summed E-state index contributed by atoms with van der Waals surface area (Å²) in [5.74, 6) is 0.0769. The van der Waals surface area contributed by atoms with Crippen LogP contribution in [0.4, 0.5) is 17.2 Å². The summed E-state index contributed by atoms with van der Waals surface area (Å²) >= 11 is 0. The third-order valence-electron chi connectivity index (χ3n) is 2.60. The van der Waals surface area contributed by atoms with Crippen molar-refractivity contribution >= 4 is 17.2 Å². The molecule has 0 atom stereocenters. The average molecular weight is 250 g/mol. The van der Waals surface area contributed by atoms with Crippen molar-refractivity contribution in [2.24, 2.45) is 7.05 Å². The van der Waals surface area contributed by atoms with Gasteiger partial charge >= 0.3 is 5.69 Å². The minimum absolute atomic E-state index is 0.0769. The van der Waals surface area contributed by atoms with Crippen LogP contribution in [0.15, 0.2) is 22.0 Å². The van der Waals surface area contributed by atoms with Gasteiger partial charge in [-0.15, -0.1) is 0 Å². The molecule has 2 aromatic heterocycles. The lowest BCUT2D eigenvalue weighted by Crippen LogP contribution is -2.31. The second kappa shape index (κ2) is 4.40. The molecule has 0 radical (unpaired) electrons. The summed E-state index contributed by atoms with van der Waals surface area (Å²) in [6.07, 6.45) is 3.32. The third-order valence-corrected chi connectivity index (χ3v) is 2.60. The Morgan fingerprint density at radius 2 is 2.22 bits per heavy atom. The molecule has 96 valence electrons. The average Bonchev–Trinajstić information content (AvgIpc) is 2.80. The summed E-state index contributed by atoms with van der Waals surface area (Å²) < 4.78 is 2.86. The van der Waals surface area contributed by atoms with Crippen molar-refractivity contribution in [2.45, 2.75) is 13.5 Å². The molecular formula is C10H14N6O2. The van der Waals surface area contributed by atoms with Crippen LogP contribution in [0.3, 0.4) is 0 Å². The zero-order valence-electron chi connectivity index (χ0n) is 10.1. The SMILES string of the molecule is CCn1cc(Nc2c(N)n(C)c(=O)[nH]c2=O)cn1. The Morgan fingerprint density at radius 3 is 2.83 bits per heavy atom. The third kappa shape index (κ3) is 1.99. The molecule has 0 saturated carbocycles. The molecule has 0 amide bonds. The van der Waals surface area contributed by atoms with Crippen LogP contribution in [0.5, 0.6) is 0 Å². The molecule has 0 aromatic carbocycles. The van der Waals surface area contributed by atoms with E-state index in [0.717, 1.165) is 11.1 Å². The van der Waals surface area contributed by atoms with Gasteiger partial charge in [0.1, 0.15) is 11.5 Å². The molecule has 0 aliphatic carbocycles. The van der Waals surface area contributed by atoms with Gasteiger partial charge in [0.05, 0.1) is 11.9 Å². The quantitative estimate of drug-likeness (QED) is 0.687. The molecule has 4 N–H and O–H groups in total. The summed E-state index contributed by atoms with van der Waals surface area (Å²) in [6.45, 7) is 2.67.